The molecule has 0 fully saturated rings. The average Bonchev–Trinajstić information content (AvgIpc) is 2.87. The van der Waals surface area contributed by atoms with Gasteiger partial charge in [-0.15, -0.1) is 23.5 Å². The van der Waals surface area contributed by atoms with Gasteiger partial charge in [-0.2, -0.15) is 10.6 Å². The second-order valence-electron chi connectivity index (χ2n) is 9.88. The van der Waals surface area contributed by atoms with E-state index in [2.05, 4.69) is 36.9 Å². The molecule has 2 aromatic carbocycles. The second kappa shape index (κ2) is 10.7. The molecule has 0 amide bonds. The van der Waals surface area contributed by atoms with Crippen molar-refractivity contribution in [2.24, 2.45) is 5.41 Å². The smallest absolute Gasteiger partial charge is 0.319 e. The maximum absolute atomic E-state index is 11.6. The Morgan fingerprint density at radius 2 is 1.88 bits per heavy atom. The summed E-state index contributed by atoms with van der Waals surface area (Å²) in [6.45, 7) is 8.43. The summed E-state index contributed by atoms with van der Waals surface area (Å²) in [7, 11) is -3.05. The molecule has 188 valence electrons. The molecule has 0 saturated carbocycles. The predicted octanol–water partition coefficient (Wildman–Crippen LogP) is 7.96. The van der Waals surface area contributed by atoms with Gasteiger partial charge in [0.05, 0.1) is 10.6 Å². The Balaban J connectivity index is 2.14. The molecule has 5 nitrogen and oxygen atoms in total. The molecule has 0 aliphatic carbocycles. The van der Waals surface area contributed by atoms with Crippen molar-refractivity contribution in [2.75, 3.05) is 23.5 Å². The molecule has 0 aromatic heterocycles. The van der Waals surface area contributed by atoms with E-state index in [1.807, 2.05) is 30.5 Å². The number of unbranched alkanes of at least 4 members (excludes halogenated alkanes) is 1. The maximum atomic E-state index is 11.6. The van der Waals surface area contributed by atoms with Crippen molar-refractivity contribution in [1.82, 2.24) is 0 Å². The van der Waals surface area contributed by atoms with Crippen LogP contribution in [0.4, 0.5) is 11.4 Å². The molecule has 2 aromatic rings. The zero-order chi connectivity index (χ0) is 25.1. The van der Waals surface area contributed by atoms with Crippen LogP contribution < -0.4 is 4.90 Å². The quantitative estimate of drug-likeness (QED) is 0.288. The Bertz CT molecular complexity index is 1010. The summed E-state index contributed by atoms with van der Waals surface area (Å²) in [6.07, 6.45) is 5.02. The fraction of sp³-hybridized carbons (Fsp3) is 0.500. The lowest BCUT2D eigenvalue weighted by Gasteiger charge is -2.39. The van der Waals surface area contributed by atoms with Gasteiger partial charge in [0.2, 0.25) is 0 Å². The number of hydrogen-bond donors (Lipinski definition) is 3. The average molecular weight is 524 g/mol. The van der Waals surface area contributed by atoms with E-state index in [4.69, 9.17) is 0 Å². The van der Waals surface area contributed by atoms with Gasteiger partial charge in [-0.1, -0.05) is 44.9 Å². The van der Waals surface area contributed by atoms with Gasteiger partial charge in [0.1, 0.15) is 4.75 Å². The largest absolute Gasteiger partial charge is 0.480 e. The van der Waals surface area contributed by atoms with Gasteiger partial charge < -0.3 is 10.0 Å². The lowest BCUT2D eigenvalue weighted by atomic mass is 9.86. The van der Waals surface area contributed by atoms with Gasteiger partial charge in [-0.05, 0) is 56.4 Å². The van der Waals surface area contributed by atoms with Crippen LogP contribution in [0.5, 0.6) is 0 Å². The zero-order valence-electron chi connectivity index (χ0n) is 20.7. The minimum Gasteiger partial charge on any atom is -0.480 e. The number of fused-ring (bicyclic) bond motifs is 1. The van der Waals surface area contributed by atoms with Crippen LogP contribution in [-0.2, 0) is 10.5 Å². The fourth-order valence-corrected chi connectivity index (χ4v) is 8.15. The number of benzene rings is 2. The Hall–Kier alpha value is -1.32. The van der Waals surface area contributed by atoms with Crippen LogP contribution in [0.3, 0.4) is 0 Å². The first-order valence-electron chi connectivity index (χ1n) is 11.6. The van der Waals surface area contributed by atoms with E-state index in [0.717, 1.165) is 41.1 Å². The normalized spacial score (nSPS) is 21.0. The number of thioether (sulfide) groups is 2. The van der Waals surface area contributed by atoms with Gasteiger partial charge in [-0.25, -0.2) is 0 Å². The van der Waals surface area contributed by atoms with Crippen molar-refractivity contribution in [3.05, 3.63) is 48.0 Å². The van der Waals surface area contributed by atoms with E-state index in [1.165, 1.54) is 11.8 Å². The van der Waals surface area contributed by atoms with Gasteiger partial charge in [-0.3, -0.25) is 13.9 Å². The number of rotatable bonds is 9. The van der Waals surface area contributed by atoms with Crippen LogP contribution in [-0.4, -0.2) is 43.5 Å². The Kier molecular flexibility index (Phi) is 8.62. The number of carboxylic acids is 1. The second-order valence-corrected chi connectivity index (χ2v) is 14.4. The number of hydrogen-bond acceptors (Lipinski definition) is 6. The molecule has 3 N–H and O–H groups in total. The number of para-hydroxylation sites is 1. The van der Waals surface area contributed by atoms with E-state index in [0.29, 0.717) is 22.9 Å². The molecule has 1 aliphatic rings. The van der Waals surface area contributed by atoms with Crippen molar-refractivity contribution in [2.45, 2.75) is 67.2 Å². The van der Waals surface area contributed by atoms with E-state index in [1.54, 1.807) is 25.6 Å². The molecular weight excluding hydrogens is 486 g/mol. The maximum Gasteiger partial charge on any atom is 0.319 e. The van der Waals surface area contributed by atoms with Crippen LogP contribution in [0.2, 0.25) is 0 Å². The summed E-state index contributed by atoms with van der Waals surface area (Å²) >= 11 is 2.96. The van der Waals surface area contributed by atoms with Crippen molar-refractivity contribution in [3.8, 4) is 0 Å². The number of nitrogens with zero attached hydrogens (tertiary/aromatic N) is 1. The lowest BCUT2D eigenvalue weighted by molar-refractivity contribution is -0.138. The molecule has 1 aliphatic heterocycles. The number of anilines is 2. The van der Waals surface area contributed by atoms with Gasteiger partial charge in [0.15, 0.2) is 0 Å². The fourth-order valence-electron chi connectivity index (χ4n) is 4.36. The topological polar surface area (TPSA) is 81.0 Å². The van der Waals surface area contributed by atoms with Crippen molar-refractivity contribution in [3.63, 3.8) is 0 Å². The first-order valence-corrected chi connectivity index (χ1v) is 15.5. The van der Waals surface area contributed by atoms with Crippen LogP contribution in [0.25, 0.3) is 0 Å². The number of carboxylic acid groups (broad SMARTS) is 1. The monoisotopic (exact) mass is 523 g/mol. The summed E-state index contributed by atoms with van der Waals surface area (Å²) < 4.78 is 22.1. The summed E-state index contributed by atoms with van der Waals surface area (Å²) in [6, 6.07) is 14.1. The SMILES string of the molecule is CCCCC1(C)CN(c2ccccc2)c2cc(SC)c(CSC(C)(C)C(=O)O)cc2S(O)(O)C1. The Labute approximate surface area is 214 Å². The predicted molar refractivity (Wildman–Crippen MR) is 148 cm³/mol. The number of carbonyl (C=O) groups is 1. The van der Waals surface area contributed by atoms with E-state index in [9.17, 15) is 19.0 Å². The Morgan fingerprint density at radius 1 is 1.21 bits per heavy atom. The highest BCUT2D eigenvalue weighted by Crippen LogP contribution is 2.60. The van der Waals surface area contributed by atoms with Crippen molar-refractivity contribution >= 4 is 51.5 Å². The minimum absolute atomic E-state index is 0.260. The van der Waals surface area contributed by atoms with Crippen molar-refractivity contribution < 1.29 is 19.0 Å². The van der Waals surface area contributed by atoms with E-state index in [-0.39, 0.29) is 5.41 Å². The number of aliphatic carboxylic acids is 1. The highest BCUT2D eigenvalue weighted by molar-refractivity contribution is 8.24. The van der Waals surface area contributed by atoms with Gasteiger partial charge >= 0.3 is 5.97 Å². The molecule has 34 heavy (non-hydrogen) atoms. The third-order valence-electron chi connectivity index (χ3n) is 6.40. The van der Waals surface area contributed by atoms with E-state index >= 15 is 0 Å². The third-order valence-corrected chi connectivity index (χ3v) is 10.7. The third kappa shape index (κ3) is 6.08. The van der Waals surface area contributed by atoms with Crippen LogP contribution in [0.15, 0.2) is 52.3 Å². The molecule has 1 heterocycles. The highest BCUT2D eigenvalue weighted by atomic mass is 32.3. The van der Waals surface area contributed by atoms with Gasteiger partial charge in [0.25, 0.3) is 0 Å². The molecule has 8 heteroatoms. The van der Waals surface area contributed by atoms with Crippen LogP contribution in [0, 0.1) is 5.41 Å². The summed E-state index contributed by atoms with van der Waals surface area (Å²) in [4.78, 5) is 15.5. The molecule has 0 saturated heterocycles. The van der Waals surface area contributed by atoms with Crippen molar-refractivity contribution in [1.29, 1.82) is 0 Å². The summed E-state index contributed by atoms with van der Waals surface area (Å²) in [5, 5.41) is 9.54. The van der Waals surface area contributed by atoms with Crippen LogP contribution in [0.1, 0.15) is 52.5 Å². The minimum atomic E-state index is -3.05. The molecule has 0 bridgehead atoms. The Morgan fingerprint density at radius 3 is 2.47 bits per heavy atom. The standard InChI is InChI=1S/C26H37NO4S3/c1-6-7-13-26(4)17-27(20-11-9-8-10-12-20)21-15-22(32-5)19(14-23(21)34(30,31)18-26)16-33-25(2,3)24(28)29/h8-12,14-15,30-31H,6-7,13,16-18H2,1-5H3,(H,28,29). The molecular formula is C26H37NO4S3. The molecule has 3 rings (SSSR count). The van der Waals surface area contributed by atoms with Gasteiger partial charge in [0, 0.05) is 34.0 Å². The summed E-state index contributed by atoms with van der Waals surface area (Å²) in [5.41, 5.74) is 2.55. The molecule has 0 radical (unpaired) electrons. The lowest BCUT2D eigenvalue weighted by Crippen LogP contribution is -2.35. The zero-order valence-corrected chi connectivity index (χ0v) is 23.2. The van der Waals surface area contributed by atoms with Crippen LogP contribution >= 0.6 is 34.1 Å². The molecule has 0 spiro atoms. The highest BCUT2D eigenvalue weighted by Gasteiger charge is 2.40. The van der Waals surface area contributed by atoms with E-state index < -0.39 is 21.3 Å². The first kappa shape index (κ1) is 27.3. The summed E-state index contributed by atoms with van der Waals surface area (Å²) in [5.74, 6) is -0.0528. The molecule has 1 unspecified atom stereocenters. The molecule has 1 atom stereocenters. The first-order chi connectivity index (χ1) is 15.9.